The van der Waals surface area contributed by atoms with Gasteiger partial charge in [-0.25, -0.2) is 13.6 Å². The van der Waals surface area contributed by atoms with Crippen molar-refractivity contribution in [1.29, 1.82) is 0 Å². The van der Waals surface area contributed by atoms with E-state index in [-0.39, 0.29) is 98.8 Å². The largest absolute Gasteiger partial charge is 0.507 e. The molecular formula is C25H16F8Na2O4S. The Morgan fingerprint density at radius 1 is 0.825 bits per heavy atom. The van der Waals surface area contributed by atoms with Crippen molar-refractivity contribution in [1.82, 2.24) is 0 Å². The van der Waals surface area contributed by atoms with E-state index in [2.05, 4.69) is 4.74 Å². The molecule has 0 fully saturated rings. The first-order valence-corrected chi connectivity index (χ1v) is 11.1. The molecule has 3 rings (SSSR count). The SMILES string of the molecule is COC(c1cc(F)cc(Sc2ccc(C(=CC(=O)O)c3ccc(F)cc3)c(O)c2)c1)(C(F)(F)F)C(F)(F)F.[Na].[Na]. The smallest absolute Gasteiger partial charge is 0.430 e. The Hall–Kier alpha value is -1.58. The number of aliphatic carboxylic acids is 1. The van der Waals surface area contributed by atoms with Crippen LogP contribution in [0.25, 0.3) is 5.57 Å². The molecule has 204 valence electrons. The average Bonchev–Trinajstić information content (AvgIpc) is 2.77. The van der Waals surface area contributed by atoms with Gasteiger partial charge in [-0.05, 0) is 59.7 Å². The van der Waals surface area contributed by atoms with Gasteiger partial charge in [0, 0.05) is 93.2 Å². The molecule has 4 nitrogen and oxygen atoms in total. The van der Waals surface area contributed by atoms with Crippen LogP contribution in [0.3, 0.4) is 0 Å². The number of carbonyl (C=O) groups is 1. The topological polar surface area (TPSA) is 66.8 Å². The Balaban J connectivity index is 0.00000400. The number of hydrogen-bond donors (Lipinski definition) is 2. The summed E-state index contributed by atoms with van der Waals surface area (Å²) in [4.78, 5) is 11.0. The van der Waals surface area contributed by atoms with E-state index in [4.69, 9.17) is 0 Å². The van der Waals surface area contributed by atoms with Crippen LogP contribution in [-0.2, 0) is 15.1 Å². The van der Waals surface area contributed by atoms with Crippen LogP contribution in [0.2, 0.25) is 0 Å². The summed E-state index contributed by atoms with van der Waals surface area (Å²) in [5.41, 5.74) is -6.13. The molecule has 0 aromatic heterocycles. The van der Waals surface area contributed by atoms with Gasteiger partial charge in [0.25, 0.3) is 5.60 Å². The molecule has 0 aliphatic rings. The Morgan fingerprint density at radius 2 is 1.40 bits per heavy atom. The van der Waals surface area contributed by atoms with E-state index in [0.29, 0.717) is 23.9 Å². The number of halogens is 8. The van der Waals surface area contributed by atoms with Crippen molar-refractivity contribution in [3.63, 3.8) is 0 Å². The van der Waals surface area contributed by atoms with Gasteiger partial charge in [-0.2, -0.15) is 26.3 Å². The van der Waals surface area contributed by atoms with Gasteiger partial charge in [0.1, 0.15) is 17.4 Å². The van der Waals surface area contributed by atoms with Crippen molar-refractivity contribution in [3.05, 3.63) is 95.1 Å². The summed E-state index contributed by atoms with van der Waals surface area (Å²) < 4.78 is 113. The summed E-state index contributed by atoms with van der Waals surface area (Å²) in [6, 6.07) is 9.47. The Bertz CT molecular complexity index is 1360. The summed E-state index contributed by atoms with van der Waals surface area (Å²) in [5.74, 6) is -3.89. The molecule has 0 amide bonds. The van der Waals surface area contributed by atoms with Crippen LogP contribution < -0.4 is 0 Å². The number of aromatic hydroxyl groups is 1. The zero-order valence-corrected chi connectivity index (χ0v) is 25.8. The van der Waals surface area contributed by atoms with Crippen molar-refractivity contribution in [2.24, 2.45) is 0 Å². The quantitative estimate of drug-likeness (QED) is 0.181. The molecule has 2 radical (unpaired) electrons. The van der Waals surface area contributed by atoms with Gasteiger partial charge < -0.3 is 14.9 Å². The number of methoxy groups -OCH3 is 1. The first-order chi connectivity index (χ1) is 17.6. The molecule has 0 bridgehead atoms. The number of carboxylic acids is 1. The zero-order valence-electron chi connectivity index (χ0n) is 21.0. The molecule has 0 aliphatic carbocycles. The Kier molecular flexibility index (Phi) is 12.8. The first kappa shape index (κ1) is 36.4. The summed E-state index contributed by atoms with van der Waals surface area (Å²) in [7, 11) is 0.207. The van der Waals surface area contributed by atoms with E-state index >= 15 is 0 Å². The van der Waals surface area contributed by atoms with E-state index in [1.165, 1.54) is 24.3 Å². The molecule has 0 saturated heterocycles. The Labute approximate surface area is 271 Å². The second kappa shape index (κ2) is 14.1. The summed E-state index contributed by atoms with van der Waals surface area (Å²) in [5, 5.41) is 19.8. The van der Waals surface area contributed by atoms with Gasteiger partial charge >= 0.3 is 18.3 Å². The van der Waals surface area contributed by atoms with Crippen LogP contribution in [-0.4, -0.2) is 94.8 Å². The van der Waals surface area contributed by atoms with E-state index in [0.717, 1.165) is 24.3 Å². The number of carboxylic acid groups (broad SMARTS) is 1. The maximum atomic E-state index is 14.2. The van der Waals surface area contributed by atoms with Crippen molar-refractivity contribution < 1.29 is 54.9 Å². The van der Waals surface area contributed by atoms with Crippen LogP contribution in [0, 0.1) is 11.6 Å². The van der Waals surface area contributed by atoms with Crippen LogP contribution >= 0.6 is 11.8 Å². The predicted molar refractivity (Wildman–Crippen MR) is 132 cm³/mol. The zero-order chi connectivity index (χ0) is 28.5. The van der Waals surface area contributed by atoms with E-state index < -0.39 is 46.9 Å². The van der Waals surface area contributed by atoms with Crippen LogP contribution in [0.1, 0.15) is 16.7 Å². The molecule has 0 spiro atoms. The molecule has 2 N–H and O–H groups in total. The predicted octanol–water partition coefficient (Wildman–Crippen LogP) is 6.54. The van der Waals surface area contributed by atoms with Crippen LogP contribution in [0.5, 0.6) is 5.75 Å². The molecule has 0 unspecified atom stereocenters. The van der Waals surface area contributed by atoms with E-state index in [1.54, 1.807) is 0 Å². The van der Waals surface area contributed by atoms with Crippen molar-refractivity contribution in [3.8, 4) is 5.75 Å². The monoisotopic (exact) mass is 610 g/mol. The number of rotatable bonds is 7. The number of phenols is 1. The minimum Gasteiger partial charge on any atom is -0.507 e. The van der Waals surface area contributed by atoms with Gasteiger partial charge in [0.05, 0.1) is 0 Å². The van der Waals surface area contributed by atoms with Crippen molar-refractivity contribution >= 4 is 82.4 Å². The van der Waals surface area contributed by atoms with Crippen LogP contribution in [0.4, 0.5) is 35.1 Å². The molecule has 40 heavy (non-hydrogen) atoms. The van der Waals surface area contributed by atoms with E-state index in [9.17, 15) is 50.1 Å². The summed E-state index contributed by atoms with van der Waals surface area (Å²) >= 11 is 0.534. The molecule has 3 aromatic carbocycles. The van der Waals surface area contributed by atoms with Crippen LogP contribution in [0.15, 0.2) is 76.5 Å². The fourth-order valence-corrected chi connectivity index (χ4v) is 4.61. The molecule has 0 aliphatic heterocycles. The standard InChI is InChI=1S/C25H16F8O4S.2Na/c1-37-23(24(28,29)30,25(31,32)33)14-8-16(27)10-18(9-14)38-17-6-7-19(21(34)11-17)20(12-22(35)36)13-2-4-15(26)5-3-13;;/h2-12,34H,1H3,(H,35,36);;. The number of ether oxygens (including phenoxy) is 1. The molecule has 0 heterocycles. The Morgan fingerprint density at radius 3 is 1.88 bits per heavy atom. The minimum absolute atomic E-state index is 0. The summed E-state index contributed by atoms with van der Waals surface area (Å²) in [6.07, 6.45) is -11.2. The molecule has 0 atom stereocenters. The number of benzene rings is 3. The molecular weight excluding hydrogens is 594 g/mol. The number of alkyl halides is 6. The van der Waals surface area contributed by atoms with Crippen molar-refractivity contribution in [2.75, 3.05) is 7.11 Å². The second-order valence-electron chi connectivity index (χ2n) is 7.74. The summed E-state index contributed by atoms with van der Waals surface area (Å²) in [6.45, 7) is 0. The molecule has 0 saturated carbocycles. The van der Waals surface area contributed by atoms with Gasteiger partial charge in [-0.3, -0.25) is 0 Å². The van der Waals surface area contributed by atoms with Gasteiger partial charge in [-0.1, -0.05) is 23.9 Å². The maximum Gasteiger partial charge on any atom is 0.430 e. The van der Waals surface area contributed by atoms with E-state index in [1.807, 2.05) is 0 Å². The van der Waals surface area contributed by atoms with Gasteiger partial charge in [0.15, 0.2) is 0 Å². The third-order valence-electron chi connectivity index (χ3n) is 5.30. The number of phenolic OH excluding ortho intramolecular Hbond substituents is 1. The second-order valence-corrected chi connectivity index (χ2v) is 8.89. The third-order valence-corrected chi connectivity index (χ3v) is 6.26. The first-order valence-electron chi connectivity index (χ1n) is 10.3. The van der Waals surface area contributed by atoms with Crippen molar-refractivity contribution in [2.45, 2.75) is 27.7 Å². The molecule has 15 heteroatoms. The minimum atomic E-state index is -5.98. The van der Waals surface area contributed by atoms with Gasteiger partial charge in [0.2, 0.25) is 0 Å². The van der Waals surface area contributed by atoms with Gasteiger partial charge in [-0.15, -0.1) is 0 Å². The fourth-order valence-electron chi connectivity index (χ4n) is 3.67. The normalized spacial score (nSPS) is 12.4. The maximum absolute atomic E-state index is 14.2. The third kappa shape index (κ3) is 7.82. The average molecular weight is 610 g/mol. The number of hydrogen-bond acceptors (Lipinski definition) is 4. The fraction of sp³-hybridized carbons (Fsp3) is 0.160. The molecule has 3 aromatic rings.